The van der Waals surface area contributed by atoms with Gasteiger partial charge in [-0.15, -0.1) is 0 Å². The molecule has 1 N–H and O–H groups in total. The van der Waals surface area contributed by atoms with Crippen LogP contribution in [0.2, 0.25) is 0 Å². The van der Waals surface area contributed by atoms with Crippen LogP contribution in [0.4, 0.5) is 0 Å². The zero-order chi connectivity index (χ0) is 15.8. The summed E-state index contributed by atoms with van der Waals surface area (Å²) in [6, 6.07) is 8.31. The van der Waals surface area contributed by atoms with Crippen molar-refractivity contribution in [3.8, 4) is 28.4 Å². The van der Waals surface area contributed by atoms with Crippen molar-refractivity contribution in [2.24, 2.45) is 0 Å². The van der Waals surface area contributed by atoms with Crippen LogP contribution in [-0.2, 0) is 12.8 Å². The molecule has 2 aromatic carbocycles. The summed E-state index contributed by atoms with van der Waals surface area (Å²) in [6.45, 7) is 1.41. The summed E-state index contributed by atoms with van der Waals surface area (Å²) in [6.07, 6.45) is 2.05. The predicted octanol–water partition coefficient (Wildman–Crippen LogP) is 0.0216. The number of likely N-dealkylation sites (N-methyl/N-ethyl adjacent to an activating group) is 1. The number of phenolic OH excluding ortho intramolecular Hbond substituents is 1. The summed E-state index contributed by atoms with van der Waals surface area (Å²) in [7, 11) is 4.63. The highest BCUT2D eigenvalue weighted by molar-refractivity contribution is 5.84. The van der Waals surface area contributed by atoms with Gasteiger partial charge in [0.2, 0.25) is 6.79 Å². The van der Waals surface area contributed by atoms with Gasteiger partial charge < -0.3 is 43.0 Å². The summed E-state index contributed by atoms with van der Waals surface area (Å²) < 4.78 is 12.5. The predicted molar refractivity (Wildman–Crippen MR) is 86.8 cm³/mol. The Morgan fingerprint density at radius 1 is 1.12 bits per heavy atom. The van der Waals surface area contributed by atoms with Gasteiger partial charge in [0.05, 0.1) is 20.6 Å². The van der Waals surface area contributed by atoms with E-state index in [1.54, 1.807) is 6.07 Å². The van der Waals surface area contributed by atoms with E-state index in [9.17, 15) is 5.11 Å². The van der Waals surface area contributed by atoms with Crippen LogP contribution >= 0.6 is 0 Å². The van der Waals surface area contributed by atoms with Crippen LogP contribution in [0.5, 0.6) is 17.2 Å². The molecule has 1 atom stereocenters. The molecule has 2 aromatic rings. The number of rotatable bonds is 0. The Kier molecular flexibility index (Phi) is 3.51. The summed E-state index contributed by atoms with van der Waals surface area (Å²) >= 11 is 0. The van der Waals surface area contributed by atoms with E-state index in [2.05, 4.69) is 26.2 Å². The van der Waals surface area contributed by atoms with Crippen molar-refractivity contribution in [3.63, 3.8) is 0 Å². The summed E-state index contributed by atoms with van der Waals surface area (Å²) in [5.74, 6) is 2.00. The van der Waals surface area contributed by atoms with Crippen LogP contribution in [0.3, 0.4) is 0 Å². The zero-order valence-corrected chi connectivity index (χ0v) is 16.0. The third-order valence-electron chi connectivity index (χ3n) is 5.70. The van der Waals surface area contributed by atoms with E-state index < -0.39 is 0 Å². The molecule has 0 fully saturated rings. The first-order valence-corrected chi connectivity index (χ1v) is 8.15. The first kappa shape index (κ1) is 16.0. The summed E-state index contributed by atoms with van der Waals surface area (Å²) in [5.41, 5.74) is 6.29. The third kappa shape index (κ3) is 2.07. The fourth-order valence-corrected chi connectivity index (χ4v) is 4.41. The van der Waals surface area contributed by atoms with Crippen molar-refractivity contribution < 1.29 is 43.0 Å². The van der Waals surface area contributed by atoms with E-state index in [4.69, 9.17) is 9.47 Å². The monoisotopic (exact) mass is 437 g/mol. The number of aromatic hydroxyl groups is 1. The van der Waals surface area contributed by atoms with Gasteiger partial charge in [0, 0.05) is 24.0 Å². The molecule has 2 heterocycles. The summed E-state index contributed by atoms with van der Waals surface area (Å²) in [4.78, 5) is 0. The Morgan fingerprint density at radius 2 is 1.96 bits per heavy atom. The molecule has 1 aliphatic carbocycles. The normalized spacial score (nSPS) is 21.5. The maximum Gasteiger partial charge on any atom is 0.231 e. The lowest BCUT2D eigenvalue weighted by atomic mass is 9.75. The average Bonchev–Trinajstić information content (AvgIpc) is 2.98. The SMILES string of the molecule is C[N+]1(C)CCc2cc3c(c4c2C1Cc1ccc(O)cc1-4)OCO3.[I-]. The van der Waals surface area contributed by atoms with Crippen LogP contribution in [0.1, 0.15) is 22.7 Å². The van der Waals surface area contributed by atoms with Crippen molar-refractivity contribution in [2.45, 2.75) is 18.9 Å². The molecule has 1 unspecified atom stereocenters. The molecule has 5 heteroatoms. The van der Waals surface area contributed by atoms with Gasteiger partial charge >= 0.3 is 0 Å². The van der Waals surface area contributed by atoms with E-state index in [1.807, 2.05) is 6.07 Å². The number of nitrogens with zero attached hydrogens (tertiary/aromatic N) is 1. The van der Waals surface area contributed by atoms with Gasteiger partial charge in [0.25, 0.3) is 0 Å². The zero-order valence-electron chi connectivity index (χ0n) is 13.8. The van der Waals surface area contributed by atoms with E-state index in [0.29, 0.717) is 11.8 Å². The van der Waals surface area contributed by atoms with E-state index in [1.165, 1.54) is 16.7 Å². The molecule has 24 heavy (non-hydrogen) atoms. The molecule has 2 aliphatic heterocycles. The van der Waals surface area contributed by atoms with Crippen molar-refractivity contribution in [3.05, 3.63) is 41.0 Å². The van der Waals surface area contributed by atoms with Crippen molar-refractivity contribution in [2.75, 3.05) is 27.4 Å². The fourth-order valence-electron chi connectivity index (χ4n) is 4.41. The first-order chi connectivity index (χ1) is 11.0. The molecule has 0 amide bonds. The molecule has 0 saturated heterocycles. The Morgan fingerprint density at radius 3 is 2.79 bits per heavy atom. The Balaban J connectivity index is 0.00000146. The van der Waals surface area contributed by atoms with E-state index in [0.717, 1.165) is 46.5 Å². The molecule has 5 rings (SSSR count). The highest BCUT2D eigenvalue weighted by atomic mass is 127. The van der Waals surface area contributed by atoms with Gasteiger partial charge in [-0.3, -0.25) is 0 Å². The quantitative estimate of drug-likeness (QED) is 0.467. The molecule has 0 radical (unpaired) electrons. The number of ether oxygens (including phenoxy) is 2. The van der Waals surface area contributed by atoms with E-state index in [-0.39, 0.29) is 30.8 Å². The first-order valence-electron chi connectivity index (χ1n) is 8.15. The molecular weight excluding hydrogens is 417 g/mol. The lowest BCUT2D eigenvalue weighted by Gasteiger charge is -2.45. The smallest absolute Gasteiger partial charge is 0.231 e. The molecule has 0 saturated carbocycles. The van der Waals surface area contributed by atoms with Crippen LogP contribution in [0, 0.1) is 0 Å². The van der Waals surface area contributed by atoms with Gasteiger partial charge in [-0.2, -0.15) is 0 Å². The maximum atomic E-state index is 10.00. The van der Waals surface area contributed by atoms with Crippen molar-refractivity contribution in [1.82, 2.24) is 0 Å². The third-order valence-corrected chi connectivity index (χ3v) is 5.70. The molecular formula is C19H20INO3. The number of hydrogen-bond acceptors (Lipinski definition) is 3. The topological polar surface area (TPSA) is 38.7 Å². The minimum Gasteiger partial charge on any atom is -1.00 e. The molecule has 0 bridgehead atoms. The van der Waals surface area contributed by atoms with Crippen LogP contribution < -0.4 is 33.5 Å². The Bertz CT molecular complexity index is 847. The van der Waals surface area contributed by atoms with Gasteiger partial charge in [-0.1, -0.05) is 6.07 Å². The molecule has 3 aliphatic rings. The number of hydrogen-bond donors (Lipinski definition) is 1. The lowest BCUT2D eigenvalue weighted by molar-refractivity contribution is -0.923. The Labute approximate surface area is 158 Å². The average molecular weight is 437 g/mol. The summed E-state index contributed by atoms with van der Waals surface area (Å²) in [5, 5.41) is 10.00. The van der Waals surface area contributed by atoms with Crippen LogP contribution in [-0.4, -0.2) is 37.0 Å². The van der Waals surface area contributed by atoms with Crippen LogP contribution in [0.25, 0.3) is 11.1 Å². The molecule has 0 spiro atoms. The minimum atomic E-state index is 0. The standard InChI is InChI=1S/C19H19NO3.HI/c1-20(2)6-5-12-8-16-19(23-10-22-16)18-14-9-13(21)4-3-11(14)7-15(20)17(12)18;/h3-4,8-9,15H,5-7,10H2,1-2H3;1H. The second kappa shape index (κ2) is 5.26. The highest BCUT2D eigenvalue weighted by Crippen LogP contribution is 2.55. The second-order valence-electron chi connectivity index (χ2n) is 7.37. The number of fused-ring (bicyclic) bond motifs is 4. The van der Waals surface area contributed by atoms with Crippen molar-refractivity contribution >= 4 is 0 Å². The largest absolute Gasteiger partial charge is 1.00 e. The molecule has 4 nitrogen and oxygen atoms in total. The lowest BCUT2D eigenvalue weighted by Crippen LogP contribution is -3.00. The van der Waals surface area contributed by atoms with Gasteiger partial charge in [0.1, 0.15) is 11.8 Å². The number of phenols is 1. The fraction of sp³-hybridized carbons (Fsp3) is 0.368. The van der Waals surface area contributed by atoms with Gasteiger partial charge in [0.15, 0.2) is 11.5 Å². The highest BCUT2D eigenvalue weighted by Gasteiger charge is 2.43. The van der Waals surface area contributed by atoms with E-state index >= 15 is 0 Å². The number of benzene rings is 2. The van der Waals surface area contributed by atoms with Gasteiger partial charge in [-0.25, -0.2) is 0 Å². The molecule has 126 valence electrons. The number of halogens is 1. The van der Waals surface area contributed by atoms with Crippen molar-refractivity contribution in [1.29, 1.82) is 0 Å². The molecule has 0 aromatic heterocycles. The minimum absolute atomic E-state index is 0. The maximum absolute atomic E-state index is 10.00. The van der Waals surface area contributed by atoms with Crippen LogP contribution in [0.15, 0.2) is 24.3 Å². The van der Waals surface area contributed by atoms with Gasteiger partial charge in [-0.05, 0) is 34.9 Å². The second-order valence-corrected chi connectivity index (χ2v) is 7.37. The Hall–Kier alpha value is -1.47. The number of quaternary nitrogens is 1.